The summed E-state index contributed by atoms with van der Waals surface area (Å²) in [6.45, 7) is 2.26. The molecular formula is C13H15BrFN. The van der Waals surface area contributed by atoms with E-state index in [2.05, 4.69) is 34.2 Å². The molecule has 2 aliphatic carbocycles. The van der Waals surface area contributed by atoms with E-state index >= 15 is 0 Å². The summed E-state index contributed by atoms with van der Waals surface area (Å²) in [6.07, 6.45) is 3.17. The van der Waals surface area contributed by atoms with Gasteiger partial charge < -0.3 is 5.32 Å². The van der Waals surface area contributed by atoms with Crippen LogP contribution < -0.4 is 5.32 Å². The number of hydrogen-bond acceptors (Lipinski definition) is 1. The first-order chi connectivity index (χ1) is 7.65. The molecule has 86 valence electrons. The molecule has 0 saturated heterocycles. The maximum atomic E-state index is 13.7. The summed E-state index contributed by atoms with van der Waals surface area (Å²) in [7, 11) is 0. The molecule has 0 bridgehead atoms. The first kappa shape index (κ1) is 10.7. The number of rotatable bonds is 2. The Hall–Kier alpha value is -0.410. The lowest BCUT2D eigenvalue weighted by Gasteiger charge is -2.14. The fourth-order valence-corrected chi connectivity index (χ4v) is 3.08. The van der Waals surface area contributed by atoms with Gasteiger partial charge in [0.15, 0.2) is 0 Å². The zero-order chi connectivity index (χ0) is 11.3. The molecule has 0 radical (unpaired) electrons. The van der Waals surface area contributed by atoms with Crippen molar-refractivity contribution in [3.63, 3.8) is 0 Å². The summed E-state index contributed by atoms with van der Waals surface area (Å²) in [5.41, 5.74) is 2.07. The highest BCUT2D eigenvalue weighted by atomic mass is 79.9. The number of benzene rings is 1. The lowest BCUT2D eigenvalue weighted by atomic mass is 10.1. The van der Waals surface area contributed by atoms with Crippen LogP contribution in [0.3, 0.4) is 0 Å². The molecule has 1 saturated carbocycles. The monoisotopic (exact) mass is 283 g/mol. The number of hydrogen-bond donors (Lipinski definition) is 1. The van der Waals surface area contributed by atoms with Crippen LogP contribution in [0.2, 0.25) is 0 Å². The zero-order valence-corrected chi connectivity index (χ0v) is 10.8. The van der Waals surface area contributed by atoms with Crippen LogP contribution in [0.25, 0.3) is 0 Å². The highest BCUT2D eigenvalue weighted by Crippen LogP contribution is 2.39. The average molecular weight is 284 g/mol. The van der Waals surface area contributed by atoms with Crippen molar-refractivity contribution in [1.82, 2.24) is 5.32 Å². The molecule has 1 N–H and O–H groups in total. The Labute approximate surface area is 104 Å². The SMILES string of the molecule is CC1CC1NC1CCc2c(F)cc(Br)cc21. The van der Waals surface area contributed by atoms with E-state index in [0.717, 1.165) is 34.4 Å². The number of fused-ring (bicyclic) bond motifs is 1. The Morgan fingerprint density at radius 1 is 1.44 bits per heavy atom. The molecule has 3 heteroatoms. The molecule has 0 aromatic heterocycles. The van der Waals surface area contributed by atoms with Crippen molar-refractivity contribution in [3.8, 4) is 0 Å². The third-order valence-corrected chi connectivity index (χ3v) is 4.24. The lowest BCUT2D eigenvalue weighted by Crippen LogP contribution is -2.22. The molecule has 0 aliphatic heterocycles. The van der Waals surface area contributed by atoms with Gasteiger partial charge in [0.1, 0.15) is 5.82 Å². The normalized spacial score (nSPS) is 31.6. The van der Waals surface area contributed by atoms with E-state index in [-0.39, 0.29) is 5.82 Å². The first-order valence-electron chi connectivity index (χ1n) is 5.89. The standard InChI is InChI=1S/C13H15BrFN/c1-7-4-13(7)16-12-3-2-9-10(12)5-8(14)6-11(9)15/h5-7,12-13,16H,2-4H2,1H3. The molecule has 0 heterocycles. The van der Waals surface area contributed by atoms with Gasteiger partial charge in [0.2, 0.25) is 0 Å². The molecule has 0 spiro atoms. The topological polar surface area (TPSA) is 12.0 Å². The second kappa shape index (κ2) is 3.81. The molecule has 3 unspecified atom stereocenters. The van der Waals surface area contributed by atoms with Crippen molar-refractivity contribution >= 4 is 15.9 Å². The van der Waals surface area contributed by atoms with Crippen molar-refractivity contribution in [1.29, 1.82) is 0 Å². The second-order valence-electron chi connectivity index (χ2n) is 5.03. The van der Waals surface area contributed by atoms with Crippen LogP contribution in [0.15, 0.2) is 16.6 Å². The number of nitrogens with one attached hydrogen (secondary N) is 1. The minimum absolute atomic E-state index is 0.0579. The predicted molar refractivity (Wildman–Crippen MR) is 65.9 cm³/mol. The lowest BCUT2D eigenvalue weighted by molar-refractivity contribution is 0.513. The summed E-state index contributed by atoms with van der Waals surface area (Å²) < 4.78 is 14.5. The van der Waals surface area contributed by atoms with Gasteiger partial charge in [0.05, 0.1) is 0 Å². The summed E-state index contributed by atoms with van der Waals surface area (Å²) in [5, 5.41) is 3.63. The van der Waals surface area contributed by atoms with E-state index in [1.165, 1.54) is 6.42 Å². The molecule has 1 nitrogen and oxygen atoms in total. The molecule has 0 amide bonds. The molecule has 1 aromatic carbocycles. The summed E-state index contributed by atoms with van der Waals surface area (Å²) in [4.78, 5) is 0. The van der Waals surface area contributed by atoms with Crippen molar-refractivity contribution in [2.45, 2.75) is 38.3 Å². The summed E-state index contributed by atoms with van der Waals surface area (Å²) in [6, 6.07) is 4.65. The van der Waals surface area contributed by atoms with Gasteiger partial charge in [-0.15, -0.1) is 0 Å². The fraction of sp³-hybridized carbons (Fsp3) is 0.538. The van der Waals surface area contributed by atoms with Crippen LogP contribution >= 0.6 is 15.9 Å². The van der Waals surface area contributed by atoms with Crippen LogP contribution in [0, 0.1) is 11.7 Å². The van der Waals surface area contributed by atoms with E-state index in [0.29, 0.717) is 12.1 Å². The van der Waals surface area contributed by atoms with E-state index < -0.39 is 0 Å². The largest absolute Gasteiger partial charge is 0.307 e. The van der Waals surface area contributed by atoms with Crippen LogP contribution in [0.1, 0.15) is 36.9 Å². The van der Waals surface area contributed by atoms with Gasteiger partial charge >= 0.3 is 0 Å². The minimum Gasteiger partial charge on any atom is -0.307 e. The average Bonchev–Trinajstić information content (AvgIpc) is 2.72. The highest BCUT2D eigenvalue weighted by molar-refractivity contribution is 9.10. The van der Waals surface area contributed by atoms with Crippen LogP contribution in [0.4, 0.5) is 4.39 Å². The molecule has 16 heavy (non-hydrogen) atoms. The van der Waals surface area contributed by atoms with Crippen molar-refractivity contribution in [3.05, 3.63) is 33.5 Å². The Balaban J connectivity index is 1.86. The van der Waals surface area contributed by atoms with Crippen molar-refractivity contribution in [2.75, 3.05) is 0 Å². The quantitative estimate of drug-likeness (QED) is 0.875. The smallest absolute Gasteiger partial charge is 0.127 e. The van der Waals surface area contributed by atoms with E-state index in [9.17, 15) is 4.39 Å². The molecule has 3 atom stereocenters. The Kier molecular flexibility index (Phi) is 2.55. The summed E-state index contributed by atoms with van der Waals surface area (Å²) >= 11 is 3.37. The van der Waals surface area contributed by atoms with E-state index in [4.69, 9.17) is 0 Å². The maximum Gasteiger partial charge on any atom is 0.127 e. The highest BCUT2D eigenvalue weighted by Gasteiger charge is 2.36. The van der Waals surface area contributed by atoms with E-state index in [1.807, 2.05) is 0 Å². The molecular weight excluding hydrogens is 269 g/mol. The van der Waals surface area contributed by atoms with Crippen molar-refractivity contribution < 1.29 is 4.39 Å². The van der Waals surface area contributed by atoms with Crippen LogP contribution in [-0.4, -0.2) is 6.04 Å². The van der Waals surface area contributed by atoms with Gasteiger partial charge in [-0.05, 0) is 48.4 Å². The first-order valence-corrected chi connectivity index (χ1v) is 6.68. The Morgan fingerprint density at radius 3 is 2.88 bits per heavy atom. The van der Waals surface area contributed by atoms with Gasteiger partial charge in [-0.3, -0.25) is 0 Å². The van der Waals surface area contributed by atoms with Crippen molar-refractivity contribution in [2.24, 2.45) is 5.92 Å². The third kappa shape index (κ3) is 1.80. The van der Waals surface area contributed by atoms with E-state index in [1.54, 1.807) is 6.07 Å². The van der Waals surface area contributed by atoms with Gasteiger partial charge in [-0.25, -0.2) is 4.39 Å². The molecule has 1 fully saturated rings. The van der Waals surface area contributed by atoms with Crippen LogP contribution in [-0.2, 0) is 6.42 Å². The Morgan fingerprint density at radius 2 is 2.19 bits per heavy atom. The Bertz CT molecular complexity index is 432. The third-order valence-electron chi connectivity index (χ3n) is 3.78. The predicted octanol–water partition coefficient (Wildman–Crippen LogP) is 3.57. The molecule has 2 aliphatic rings. The minimum atomic E-state index is -0.0579. The number of halogens is 2. The molecule has 1 aromatic rings. The van der Waals surface area contributed by atoms with Gasteiger partial charge in [-0.2, -0.15) is 0 Å². The second-order valence-corrected chi connectivity index (χ2v) is 5.95. The fourth-order valence-electron chi connectivity index (χ4n) is 2.63. The summed E-state index contributed by atoms with van der Waals surface area (Å²) in [5.74, 6) is 0.735. The van der Waals surface area contributed by atoms with Gasteiger partial charge in [0.25, 0.3) is 0 Å². The van der Waals surface area contributed by atoms with Gasteiger partial charge in [0, 0.05) is 16.6 Å². The van der Waals surface area contributed by atoms with Crippen LogP contribution in [0.5, 0.6) is 0 Å². The van der Waals surface area contributed by atoms with Gasteiger partial charge in [-0.1, -0.05) is 22.9 Å². The zero-order valence-electron chi connectivity index (χ0n) is 9.26. The molecule has 3 rings (SSSR count). The maximum absolute atomic E-state index is 13.7.